The van der Waals surface area contributed by atoms with E-state index in [-0.39, 0.29) is 0 Å². The lowest BCUT2D eigenvalue weighted by Gasteiger charge is -2.06. The van der Waals surface area contributed by atoms with Crippen LogP contribution in [-0.2, 0) is 0 Å². The Labute approximate surface area is 134 Å². The quantitative estimate of drug-likeness (QED) is 0.249. The molecule has 0 saturated heterocycles. The van der Waals surface area contributed by atoms with Gasteiger partial charge < -0.3 is 5.11 Å². The summed E-state index contributed by atoms with van der Waals surface area (Å²) >= 11 is 0. The van der Waals surface area contributed by atoms with E-state index in [0.29, 0.717) is 12.5 Å². The number of hydrogen-bond donors (Lipinski definition) is 1. The van der Waals surface area contributed by atoms with Crippen LogP contribution in [0.4, 0.5) is 0 Å². The third-order valence-electron chi connectivity index (χ3n) is 4.27. The minimum atomic E-state index is 0.351. The highest BCUT2D eigenvalue weighted by molar-refractivity contribution is 4.81. The van der Waals surface area contributed by atoms with E-state index < -0.39 is 0 Å². The van der Waals surface area contributed by atoms with Gasteiger partial charge in [-0.2, -0.15) is 0 Å². The van der Waals surface area contributed by atoms with Crippen molar-refractivity contribution in [2.45, 2.75) is 104 Å². The molecule has 1 N–H and O–H groups in total. The first-order valence-electron chi connectivity index (χ1n) is 9.57. The lowest BCUT2D eigenvalue weighted by atomic mass is 10.0. The van der Waals surface area contributed by atoms with Gasteiger partial charge in [0.15, 0.2) is 0 Å². The van der Waals surface area contributed by atoms with Crippen molar-refractivity contribution in [2.24, 2.45) is 5.92 Å². The lowest BCUT2D eigenvalue weighted by Crippen LogP contribution is -1.99. The van der Waals surface area contributed by atoms with Crippen molar-refractivity contribution in [2.75, 3.05) is 6.61 Å². The predicted molar refractivity (Wildman–Crippen MR) is 95.7 cm³/mol. The van der Waals surface area contributed by atoms with Gasteiger partial charge in [-0.15, -0.1) is 0 Å². The van der Waals surface area contributed by atoms with Crippen LogP contribution in [0.5, 0.6) is 0 Å². The molecule has 0 aliphatic heterocycles. The van der Waals surface area contributed by atoms with Crippen LogP contribution in [0.1, 0.15) is 104 Å². The van der Waals surface area contributed by atoms with Crippen LogP contribution in [0.25, 0.3) is 0 Å². The Bertz CT molecular complexity index is 210. The molecule has 0 spiro atoms. The smallest absolute Gasteiger partial charge is 0.0456 e. The van der Waals surface area contributed by atoms with Crippen LogP contribution >= 0.6 is 0 Å². The zero-order chi connectivity index (χ0) is 15.6. The Kier molecular flexibility index (Phi) is 17.5. The molecule has 0 aromatic rings. The number of hydrogen-bond acceptors (Lipinski definition) is 1. The second-order valence-electron chi connectivity index (χ2n) is 6.66. The SMILES string of the molecule is CCCCCCCC/C=C\CCCCCCCC(C)CO. The molecule has 0 aliphatic rings. The molecule has 1 nitrogen and oxygen atoms in total. The van der Waals surface area contributed by atoms with Gasteiger partial charge in [0.05, 0.1) is 0 Å². The van der Waals surface area contributed by atoms with E-state index in [1.807, 2.05) is 0 Å². The fraction of sp³-hybridized carbons (Fsp3) is 0.900. The highest BCUT2D eigenvalue weighted by atomic mass is 16.3. The molecule has 0 fully saturated rings. The molecule has 0 aliphatic carbocycles. The Morgan fingerprint density at radius 1 is 0.714 bits per heavy atom. The van der Waals surface area contributed by atoms with Crippen molar-refractivity contribution < 1.29 is 5.11 Å². The monoisotopic (exact) mass is 296 g/mol. The van der Waals surface area contributed by atoms with Gasteiger partial charge in [0, 0.05) is 6.61 Å². The first-order valence-corrected chi connectivity index (χ1v) is 9.57. The molecule has 0 rings (SSSR count). The second kappa shape index (κ2) is 17.8. The maximum atomic E-state index is 8.94. The summed E-state index contributed by atoms with van der Waals surface area (Å²) in [5, 5.41) is 8.94. The molecule has 0 aromatic carbocycles. The summed E-state index contributed by atoms with van der Waals surface area (Å²) in [4.78, 5) is 0. The molecule has 0 amide bonds. The molecular formula is C20H40O. The second-order valence-corrected chi connectivity index (χ2v) is 6.66. The van der Waals surface area contributed by atoms with Crippen LogP contribution < -0.4 is 0 Å². The third kappa shape index (κ3) is 17.6. The molecule has 0 saturated carbocycles. The molecule has 21 heavy (non-hydrogen) atoms. The molecule has 126 valence electrons. The van der Waals surface area contributed by atoms with Gasteiger partial charge in [0.25, 0.3) is 0 Å². The average Bonchev–Trinajstić information content (AvgIpc) is 2.50. The summed E-state index contributed by atoms with van der Waals surface area (Å²) in [6, 6.07) is 0. The zero-order valence-electron chi connectivity index (χ0n) is 14.8. The molecule has 0 radical (unpaired) electrons. The molecule has 1 atom stereocenters. The Hall–Kier alpha value is -0.300. The Morgan fingerprint density at radius 2 is 1.19 bits per heavy atom. The average molecular weight is 297 g/mol. The number of aliphatic hydroxyl groups excluding tert-OH is 1. The van der Waals surface area contributed by atoms with Gasteiger partial charge in [-0.1, -0.05) is 83.8 Å². The topological polar surface area (TPSA) is 20.2 Å². The standard InChI is InChI=1S/C20H40O/c1-3-4-5-6-7-8-9-10-11-12-13-14-15-16-17-18-20(2)19-21/h10-11,20-21H,3-9,12-19H2,1-2H3/b11-10-. The molecule has 1 heteroatoms. The van der Waals surface area contributed by atoms with Crippen molar-refractivity contribution >= 4 is 0 Å². The van der Waals surface area contributed by atoms with Crippen LogP contribution in [0.3, 0.4) is 0 Å². The summed E-state index contributed by atoms with van der Waals surface area (Å²) in [7, 11) is 0. The lowest BCUT2D eigenvalue weighted by molar-refractivity contribution is 0.227. The van der Waals surface area contributed by atoms with Gasteiger partial charge in [-0.3, -0.25) is 0 Å². The minimum absolute atomic E-state index is 0.351. The fourth-order valence-corrected chi connectivity index (χ4v) is 2.65. The van der Waals surface area contributed by atoms with E-state index in [0.717, 1.165) is 0 Å². The van der Waals surface area contributed by atoms with Gasteiger partial charge in [-0.05, 0) is 38.0 Å². The maximum absolute atomic E-state index is 8.94. The van der Waals surface area contributed by atoms with Gasteiger partial charge >= 0.3 is 0 Å². The van der Waals surface area contributed by atoms with Crippen molar-refractivity contribution in [3.8, 4) is 0 Å². The molecule has 0 bridgehead atoms. The summed E-state index contributed by atoms with van der Waals surface area (Å²) in [6.07, 6.45) is 23.6. The van der Waals surface area contributed by atoms with Gasteiger partial charge in [0.1, 0.15) is 0 Å². The van der Waals surface area contributed by atoms with E-state index in [4.69, 9.17) is 5.11 Å². The largest absolute Gasteiger partial charge is 0.396 e. The van der Waals surface area contributed by atoms with Crippen LogP contribution in [0, 0.1) is 5.92 Å². The van der Waals surface area contributed by atoms with Crippen LogP contribution in [0.15, 0.2) is 12.2 Å². The highest BCUT2D eigenvalue weighted by Crippen LogP contribution is 2.12. The van der Waals surface area contributed by atoms with Crippen molar-refractivity contribution in [1.82, 2.24) is 0 Å². The predicted octanol–water partition coefficient (Wildman–Crippen LogP) is 6.65. The maximum Gasteiger partial charge on any atom is 0.0456 e. The van der Waals surface area contributed by atoms with Crippen LogP contribution in [0.2, 0.25) is 0 Å². The number of allylic oxidation sites excluding steroid dienone is 2. The van der Waals surface area contributed by atoms with Crippen molar-refractivity contribution in [3.05, 3.63) is 12.2 Å². The highest BCUT2D eigenvalue weighted by Gasteiger charge is 1.98. The normalized spacial score (nSPS) is 13.1. The third-order valence-corrected chi connectivity index (χ3v) is 4.27. The van der Waals surface area contributed by atoms with Crippen LogP contribution in [-0.4, -0.2) is 11.7 Å². The molecular weight excluding hydrogens is 256 g/mol. The van der Waals surface area contributed by atoms with E-state index in [1.165, 1.54) is 89.9 Å². The fourth-order valence-electron chi connectivity index (χ4n) is 2.65. The summed E-state index contributed by atoms with van der Waals surface area (Å²) in [5.74, 6) is 0.495. The molecule has 0 heterocycles. The first-order chi connectivity index (χ1) is 10.3. The Balaban J connectivity index is 3.08. The summed E-state index contributed by atoms with van der Waals surface area (Å²) in [6.45, 7) is 4.76. The van der Waals surface area contributed by atoms with Gasteiger partial charge in [0.2, 0.25) is 0 Å². The minimum Gasteiger partial charge on any atom is -0.396 e. The van der Waals surface area contributed by atoms with E-state index >= 15 is 0 Å². The van der Waals surface area contributed by atoms with E-state index in [2.05, 4.69) is 26.0 Å². The summed E-state index contributed by atoms with van der Waals surface area (Å²) < 4.78 is 0. The first kappa shape index (κ1) is 20.7. The molecule has 1 unspecified atom stereocenters. The molecule has 0 aromatic heterocycles. The van der Waals surface area contributed by atoms with Crippen molar-refractivity contribution in [3.63, 3.8) is 0 Å². The zero-order valence-corrected chi connectivity index (χ0v) is 14.8. The number of aliphatic hydroxyl groups is 1. The van der Waals surface area contributed by atoms with E-state index in [9.17, 15) is 0 Å². The van der Waals surface area contributed by atoms with Gasteiger partial charge in [-0.25, -0.2) is 0 Å². The van der Waals surface area contributed by atoms with Crippen molar-refractivity contribution in [1.29, 1.82) is 0 Å². The number of unbranched alkanes of at least 4 members (excludes halogenated alkanes) is 11. The Morgan fingerprint density at radius 3 is 1.71 bits per heavy atom. The van der Waals surface area contributed by atoms with E-state index in [1.54, 1.807) is 0 Å². The summed E-state index contributed by atoms with van der Waals surface area (Å²) in [5.41, 5.74) is 0. The number of rotatable bonds is 16.